The molecule has 1 atom stereocenters. The monoisotopic (exact) mass is 310 g/mol. The molecule has 0 aliphatic carbocycles. The summed E-state index contributed by atoms with van der Waals surface area (Å²) in [6.07, 6.45) is 1.36. The van der Waals surface area contributed by atoms with Gasteiger partial charge in [0.2, 0.25) is 0 Å². The summed E-state index contributed by atoms with van der Waals surface area (Å²) in [7, 11) is 0. The Kier molecular flexibility index (Phi) is 5.28. The number of alkyl carbamates (subject to hydrolysis) is 1. The largest absolute Gasteiger partial charge is 0.444 e. The van der Waals surface area contributed by atoms with Crippen LogP contribution in [-0.4, -0.2) is 35.0 Å². The van der Waals surface area contributed by atoms with Crippen molar-refractivity contribution in [1.82, 2.24) is 15.5 Å². The number of aromatic amines is 1. The number of nitrogens with zero attached hydrogens (tertiary/aromatic N) is 1. The number of nitrogens with one attached hydrogen (secondary N) is 2. The highest BCUT2D eigenvalue weighted by Crippen LogP contribution is 2.31. The van der Waals surface area contributed by atoms with Crippen LogP contribution in [0.5, 0.6) is 0 Å². The van der Waals surface area contributed by atoms with Crippen molar-refractivity contribution < 1.29 is 9.53 Å². The van der Waals surface area contributed by atoms with E-state index < -0.39 is 17.1 Å². The van der Waals surface area contributed by atoms with E-state index in [9.17, 15) is 4.79 Å². The Hall–Kier alpha value is -1.56. The Labute approximate surface area is 133 Å². The van der Waals surface area contributed by atoms with Crippen LogP contribution in [0.15, 0.2) is 6.20 Å². The third kappa shape index (κ3) is 4.73. The van der Waals surface area contributed by atoms with Crippen LogP contribution < -0.4 is 11.1 Å². The van der Waals surface area contributed by atoms with Gasteiger partial charge in [-0.25, -0.2) is 4.79 Å². The number of carbonyl (C=O) groups excluding carboxylic acids is 1. The van der Waals surface area contributed by atoms with Crippen molar-refractivity contribution in [3.05, 3.63) is 17.5 Å². The lowest BCUT2D eigenvalue weighted by Gasteiger charge is -2.32. The summed E-state index contributed by atoms with van der Waals surface area (Å²) in [5.41, 5.74) is 7.05. The molecule has 4 N–H and O–H groups in total. The summed E-state index contributed by atoms with van der Waals surface area (Å²) in [6, 6.07) is 0. The van der Waals surface area contributed by atoms with E-state index in [1.165, 1.54) is 0 Å². The van der Waals surface area contributed by atoms with Crippen LogP contribution in [0.4, 0.5) is 4.79 Å². The van der Waals surface area contributed by atoms with Crippen molar-refractivity contribution in [1.29, 1.82) is 0 Å². The van der Waals surface area contributed by atoms with E-state index in [-0.39, 0.29) is 5.41 Å². The van der Waals surface area contributed by atoms with E-state index in [4.69, 9.17) is 10.5 Å². The molecule has 1 aromatic heterocycles. The second-order valence-corrected chi connectivity index (χ2v) is 8.03. The van der Waals surface area contributed by atoms with E-state index in [1.807, 2.05) is 27.7 Å². The molecular formula is C16H30N4O2. The molecule has 6 heteroatoms. The van der Waals surface area contributed by atoms with Gasteiger partial charge in [0, 0.05) is 35.2 Å². The molecule has 0 aliphatic heterocycles. The third-order valence-corrected chi connectivity index (χ3v) is 3.51. The lowest BCUT2D eigenvalue weighted by atomic mass is 9.77. The first-order valence-corrected chi connectivity index (χ1v) is 7.60. The van der Waals surface area contributed by atoms with Gasteiger partial charge in [0.15, 0.2) is 0 Å². The van der Waals surface area contributed by atoms with Crippen LogP contribution in [0.3, 0.4) is 0 Å². The topological polar surface area (TPSA) is 93.0 Å². The molecule has 0 saturated carbocycles. The molecule has 1 heterocycles. The molecule has 0 fully saturated rings. The van der Waals surface area contributed by atoms with Gasteiger partial charge in [-0.15, -0.1) is 0 Å². The Morgan fingerprint density at radius 2 is 1.86 bits per heavy atom. The standard InChI is InChI=1S/C16H30N4O2/c1-14(2,3)12-11(8-19-20-12)16(7,9-17)10-18-13(21)22-15(4,5)6/h8H,9-10,17H2,1-7H3,(H,18,21)(H,19,20). The number of rotatable bonds is 4. The van der Waals surface area contributed by atoms with Crippen molar-refractivity contribution in [2.24, 2.45) is 5.73 Å². The van der Waals surface area contributed by atoms with Gasteiger partial charge in [-0.05, 0) is 20.8 Å². The fourth-order valence-corrected chi connectivity index (χ4v) is 2.17. The zero-order chi connectivity index (χ0) is 17.2. The van der Waals surface area contributed by atoms with Crippen molar-refractivity contribution in [2.45, 2.75) is 64.9 Å². The number of carbonyl (C=O) groups is 1. The van der Waals surface area contributed by atoms with E-state index in [0.29, 0.717) is 13.1 Å². The van der Waals surface area contributed by atoms with Crippen LogP contribution in [-0.2, 0) is 15.6 Å². The highest BCUT2D eigenvalue weighted by atomic mass is 16.6. The Morgan fingerprint density at radius 3 is 2.32 bits per heavy atom. The van der Waals surface area contributed by atoms with Crippen LogP contribution in [0, 0.1) is 0 Å². The van der Waals surface area contributed by atoms with Gasteiger partial charge in [0.25, 0.3) is 0 Å². The summed E-state index contributed by atoms with van der Waals surface area (Å²) >= 11 is 0. The summed E-state index contributed by atoms with van der Waals surface area (Å²) in [5.74, 6) is 0. The number of nitrogens with two attached hydrogens (primary N) is 1. The number of ether oxygens (including phenoxy) is 1. The minimum Gasteiger partial charge on any atom is -0.444 e. The van der Waals surface area contributed by atoms with Gasteiger partial charge in [-0.1, -0.05) is 27.7 Å². The number of H-pyrrole nitrogens is 1. The van der Waals surface area contributed by atoms with Gasteiger partial charge in [0.1, 0.15) is 5.60 Å². The lowest BCUT2D eigenvalue weighted by molar-refractivity contribution is 0.0516. The summed E-state index contributed by atoms with van der Waals surface area (Å²) in [6.45, 7) is 14.6. The average molecular weight is 310 g/mol. The zero-order valence-corrected chi connectivity index (χ0v) is 14.8. The summed E-state index contributed by atoms with van der Waals surface area (Å²) in [5, 5.41) is 10.0. The van der Waals surface area contributed by atoms with Crippen LogP contribution >= 0.6 is 0 Å². The Bertz CT molecular complexity index is 511. The zero-order valence-electron chi connectivity index (χ0n) is 14.8. The van der Waals surface area contributed by atoms with Gasteiger partial charge in [0.05, 0.1) is 6.20 Å². The highest BCUT2D eigenvalue weighted by Gasteiger charge is 2.33. The number of hydrogen-bond donors (Lipinski definition) is 3. The van der Waals surface area contributed by atoms with Crippen molar-refractivity contribution >= 4 is 6.09 Å². The van der Waals surface area contributed by atoms with Crippen LogP contribution in [0.2, 0.25) is 0 Å². The fourth-order valence-electron chi connectivity index (χ4n) is 2.17. The maximum Gasteiger partial charge on any atom is 0.407 e. The molecule has 1 amide bonds. The van der Waals surface area contributed by atoms with Crippen molar-refractivity contribution in [3.63, 3.8) is 0 Å². The van der Waals surface area contributed by atoms with Crippen LogP contribution in [0.25, 0.3) is 0 Å². The number of amides is 1. The molecule has 0 bridgehead atoms. The maximum atomic E-state index is 11.9. The molecule has 1 rings (SSSR count). The lowest BCUT2D eigenvalue weighted by Crippen LogP contribution is -2.46. The third-order valence-electron chi connectivity index (χ3n) is 3.51. The van der Waals surface area contributed by atoms with E-state index in [2.05, 4.69) is 36.3 Å². The second kappa shape index (κ2) is 6.28. The van der Waals surface area contributed by atoms with Gasteiger partial charge in [-0.2, -0.15) is 5.10 Å². The molecule has 22 heavy (non-hydrogen) atoms. The first-order valence-electron chi connectivity index (χ1n) is 7.60. The molecule has 0 saturated heterocycles. The Balaban J connectivity index is 2.90. The number of aromatic nitrogens is 2. The molecule has 0 spiro atoms. The van der Waals surface area contributed by atoms with E-state index >= 15 is 0 Å². The second-order valence-electron chi connectivity index (χ2n) is 8.03. The first-order chi connectivity index (χ1) is 9.89. The highest BCUT2D eigenvalue weighted by molar-refractivity contribution is 5.67. The molecule has 0 radical (unpaired) electrons. The number of hydrogen-bond acceptors (Lipinski definition) is 4. The van der Waals surface area contributed by atoms with E-state index in [0.717, 1.165) is 11.3 Å². The van der Waals surface area contributed by atoms with Crippen molar-refractivity contribution in [2.75, 3.05) is 13.1 Å². The molecule has 126 valence electrons. The maximum absolute atomic E-state index is 11.9. The summed E-state index contributed by atoms with van der Waals surface area (Å²) < 4.78 is 5.28. The van der Waals surface area contributed by atoms with Crippen LogP contribution in [0.1, 0.15) is 59.7 Å². The predicted octanol–water partition coefficient (Wildman–Crippen LogP) is 2.45. The molecule has 0 aliphatic rings. The Morgan fingerprint density at radius 1 is 1.27 bits per heavy atom. The van der Waals surface area contributed by atoms with E-state index in [1.54, 1.807) is 6.20 Å². The molecular weight excluding hydrogens is 280 g/mol. The fraction of sp³-hybridized carbons (Fsp3) is 0.750. The smallest absolute Gasteiger partial charge is 0.407 e. The molecule has 6 nitrogen and oxygen atoms in total. The molecule has 0 aromatic carbocycles. The first kappa shape index (κ1) is 18.5. The minimum atomic E-state index is -0.518. The van der Waals surface area contributed by atoms with Gasteiger partial charge in [-0.3, -0.25) is 5.10 Å². The molecule has 1 aromatic rings. The summed E-state index contributed by atoms with van der Waals surface area (Å²) in [4.78, 5) is 11.9. The normalized spacial score (nSPS) is 15.3. The molecule has 1 unspecified atom stereocenters. The SMILES string of the molecule is CC(C)(C)OC(=O)NCC(C)(CN)c1cn[nH]c1C(C)(C)C. The van der Waals surface area contributed by atoms with Gasteiger partial charge < -0.3 is 15.8 Å². The average Bonchev–Trinajstić information content (AvgIpc) is 2.83. The minimum absolute atomic E-state index is 0.0752. The predicted molar refractivity (Wildman–Crippen MR) is 87.9 cm³/mol. The quantitative estimate of drug-likeness (QED) is 0.796. The van der Waals surface area contributed by atoms with Crippen molar-refractivity contribution in [3.8, 4) is 0 Å². The van der Waals surface area contributed by atoms with Gasteiger partial charge >= 0.3 is 6.09 Å².